The molecule has 3 aromatic rings. The van der Waals surface area contributed by atoms with E-state index in [4.69, 9.17) is 27.1 Å². The van der Waals surface area contributed by atoms with Gasteiger partial charge in [-0.25, -0.2) is 4.98 Å². The Labute approximate surface area is 232 Å². The third-order valence-corrected chi connectivity index (χ3v) is 2.93. The summed E-state index contributed by atoms with van der Waals surface area (Å²) in [7, 11) is 0. The minimum Gasteiger partial charge on any atom is -0.499 e. The van der Waals surface area contributed by atoms with E-state index in [0.717, 1.165) is 17.3 Å². The fourth-order valence-electron chi connectivity index (χ4n) is 1.63. The normalized spacial score (nSPS) is 7.45. The number of ether oxygens (including phenoxy) is 1. The molecule has 214 valence electrons. The molecule has 0 unspecified atom stereocenters. The SMILES string of the molecule is CC.CC.CC.CC.CC(C)O.CCOC=C(C#N)C#N.Nc1ccccc1N.c1ccc2[nH]cnc2c1. The smallest absolute Gasteiger partial charge is 0.163 e. The van der Waals surface area contributed by atoms with Crippen LogP contribution in [0.25, 0.3) is 11.0 Å². The van der Waals surface area contributed by atoms with Gasteiger partial charge in [0.15, 0.2) is 5.57 Å². The maximum Gasteiger partial charge on any atom is 0.163 e. The van der Waals surface area contributed by atoms with E-state index >= 15 is 0 Å². The van der Waals surface area contributed by atoms with Crippen LogP contribution in [0.3, 0.4) is 0 Å². The summed E-state index contributed by atoms with van der Waals surface area (Å²) in [5.74, 6) is 0. The van der Waals surface area contributed by atoms with E-state index in [1.54, 1.807) is 51.4 Å². The van der Waals surface area contributed by atoms with E-state index in [2.05, 4.69) is 14.7 Å². The van der Waals surface area contributed by atoms with E-state index in [1.165, 1.54) is 0 Å². The third kappa shape index (κ3) is 30.0. The summed E-state index contributed by atoms with van der Waals surface area (Å²) in [6, 6.07) is 18.5. The number of aromatic nitrogens is 2. The van der Waals surface area contributed by atoms with Gasteiger partial charge in [0.05, 0.1) is 35.3 Å². The Hall–Kier alpha value is -4.01. The Morgan fingerprint density at radius 2 is 1.29 bits per heavy atom. The molecule has 1 heterocycles. The van der Waals surface area contributed by atoms with Gasteiger partial charge in [0.1, 0.15) is 18.4 Å². The summed E-state index contributed by atoms with van der Waals surface area (Å²) in [6.45, 7) is 21.7. The number of nitrogens with zero attached hydrogens (tertiary/aromatic N) is 3. The summed E-state index contributed by atoms with van der Waals surface area (Å²) in [4.78, 5) is 7.07. The number of aliphatic hydroxyl groups is 1. The number of hydrogen-bond acceptors (Lipinski definition) is 7. The molecule has 0 saturated carbocycles. The number of fused-ring (bicyclic) bond motifs is 1. The van der Waals surface area contributed by atoms with Crippen molar-refractivity contribution in [2.24, 2.45) is 0 Å². The lowest BCUT2D eigenvalue weighted by atomic mass is 10.3. The van der Waals surface area contributed by atoms with Gasteiger partial charge in [-0.1, -0.05) is 79.7 Å². The minimum atomic E-state index is -0.167. The first-order valence-electron chi connectivity index (χ1n) is 13.1. The number of anilines is 2. The molecule has 0 saturated heterocycles. The molecule has 0 fully saturated rings. The van der Waals surface area contributed by atoms with Gasteiger partial charge in [-0.05, 0) is 45.0 Å². The molecule has 1 aromatic heterocycles. The average molecular weight is 529 g/mol. The molecular formula is C30H52N6O2. The Morgan fingerprint density at radius 1 is 0.895 bits per heavy atom. The van der Waals surface area contributed by atoms with Crippen LogP contribution in [-0.4, -0.2) is 27.8 Å². The molecule has 0 radical (unpaired) electrons. The van der Waals surface area contributed by atoms with Crippen LogP contribution in [0.1, 0.15) is 76.2 Å². The molecule has 0 aliphatic heterocycles. The fourth-order valence-corrected chi connectivity index (χ4v) is 1.63. The number of aromatic amines is 1. The predicted molar refractivity (Wildman–Crippen MR) is 165 cm³/mol. The summed E-state index contributed by atoms with van der Waals surface area (Å²) in [6.07, 6.45) is 2.69. The second kappa shape index (κ2) is 37.5. The largest absolute Gasteiger partial charge is 0.499 e. The van der Waals surface area contributed by atoms with Gasteiger partial charge in [-0.2, -0.15) is 10.5 Å². The number of rotatable bonds is 2. The molecule has 38 heavy (non-hydrogen) atoms. The molecule has 2 aromatic carbocycles. The van der Waals surface area contributed by atoms with E-state index in [9.17, 15) is 0 Å². The molecule has 0 amide bonds. The standard InChI is InChI=1S/C7H6N2.C6H6N2O.C6H8N2.C3H8O.4C2H6/c1-2-4-7-6(3-1)8-5-9-7;1-2-9-5-6(3-7)4-8;7-5-3-1-2-4-6(5)8;1-3(2)4;4*1-2/h1-5H,(H,8,9);5H,2H2,1H3;1-4H,7-8H2;3-4H,1-2H3;4*1-2H3. The minimum absolute atomic E-state index is 0.00292. The summed E-state index contributed by atoms with van der Waals surface area (Å²) in [5.41, 5.74) is 14.2. The Balaban J connectivity index is -0.000000120. The van der Waals surface area contributed by atoms with Gasteiger partial charge in [0, 0.05) is 6.10 Å². The van der Waals surface area contributed by atoms with Crippen molar-refractivity contribution in [2.45, 2.75) is 82.3 Å². The molecule has 6 N–H and O–H groups in total. The summed E-state index contributed by atoms with van der Waals surface area (Å²) < 4.78 is 4.67. The van der Waals surface area contributed by atoms with E-state index < -0.39 is 0 Å². The molecule has 0 aliphatic rings. The lowest BCUT2D eigenvalue weighted by molar-refractivity contribution is 0.216. The fraction of sp³-hybridized carbons (Fsp3) is 0.433. The molecule has 8 heteroatoms. The Bertz CT molecular complexity index is 901. The van der Waals surface area contributed by atoms with E-state index in [0.29, 0.717) is 18.0 Å². The first-order valence-corrected chi connectivity index (χ1v) is 13.1. The van der Waals surface area contributed by atoms with Crippen LogP contribution in [0.4, 0.5) is 11.4 Å². The number of allylic oxidation sites excluding steroid dienone is 1. The second-order valence-corrected chi connectivity index (χ2v) is 5.85. The van der Waals surface area contributed by atoms with Crippen LogP contribution in [0.2, 0.25) is 0 Å². The number of nitriles is 2. The van der Waals surface area contributed by atoms with Crippen LogP contribution >= 0.6 is 0 Å². The topological polar surface area (TPSA) is 158 Å². The highest BCUT2D eigenvalue weighted by Crippen LogP contribution is 2.10. The number of aliphatic hydroxyl groups excluding tert-OH is 1. The summed E-state index contributed by atoms with van der Waals surface area (Å²) in [5, 5.41) is 24.3. The van der Waals surface area contributed by atoms with Crippen molar-refractivity contribution in [1.29, 1.82) is 10.5 Å². The van der Waals surface area contributed by atoms with Crippen molar-refractivity contribution in [3.8, 4) is 12.1 Å². The highest BCUT2D eigenvalue weighted by atomic mass is 16.5. The van der Waals surface area contributed by atoms with Crippen LogP contribution in [0, 0.1) is 22.7 Å². The number of para-hydroxylation sites is 4. The van der Waals surface area contributed by atoms with Gasteiger partial charge in [-0.15, -0.1) is 0 Å². The number of imidazole rings is 1. The molecule has 0 atom stereocenters. The first-order chi connectivity index (χ1) is 18.3. The van der Waals surface area contributed by atoms with E-state index in [-0.39, 0.29) is 11.7 Å². The van der Waals surface area contributed by atoms with Gasteiger partial charge >= 0.3 is 0 Å². The lowest BCUT2D eigenvalue weighted by Crippen LogP contribution is -1.91. The van der Waals surface area contributed by atoms with Crippen LogP contribution in [0.15, 0.2) is 66.7 Å². The number of benzene rings is 2. The van der Waals surface area contributed by atoms with Crippen LogP contribution < -0.4 is 11.5 Å². The van der Waals surface area contributed by atoms with Crippen molar-refractivity contribution in [3.05, 3.63) is 66.7 Å². The Kier molecular flexibility index (Phi) is 43.5. The zero-order valence-corrected chi connectivity index (χ0v) is 25.4. The number of nitrogens with two attached hydrogens (primary N) is 2. The number of nitrogens with one attached hydrogen (secondary N) is 1. The van der Waals surface area contributed by atoms with Crippen molar-refractivity contribution in [1.82, 2.24) is 9.97 Å². The zero-order chi connectivity index (χ0) is 30.8. The maximum absolute atomic E-state index is 8.13. The van der Waals surface area contributed by atoms with Gasteiger partial charge in [0.2, 0.25) is 0 Å². The predicted octanol–water partition coefficient (Wildman–Crippen LogP) is 7.86. The molecule has 8 nitrogen and oxygen atoms in total. The quantitative estimate of drug-likeness (QED) is 0.150. The highest BCUT2D eigenvalue weighted by Gasteiger charge is 1.89. The van der Waals surface area contributed by atoms with Crippen molar-refractivity contribution in [3.63, 3.8) is 0 Å². The maximum atomic E-state index is 8.13. The van der Waals surface area contributed by atoms with Crippen molar-refractivity contribution >= 4 is 22.4 Å². The monoisotopic (exact) mass is 528 g/mol. The Morgan fingerprint density at radius 3 is 1.63 bits per heavy atom. The number of nitrogen functional groups attached to an aromatic ring is 2. The highest BCUT2D eigenvalue weighted by molar-refractivity contribution is 5.73. The van der Waals surface area contributed by atoms with Crippen molar-refractivity contribution < 1.29 is 9.84 Å². The molecule has 0 bridgehead atoms. The third-order valence-electron chi connectivity index (χ3n) is 2.93. The van der Waals surface area contributed by atoms with Crippen LogP contribution in [0.5, 0.6) is 0 Å². The van der Waals surface area contributed by atoms with Crippen LogP contribution in [-0.2, 0) is 4.74 Å². The number of hydrogen-bond donors (Lipinski definition) is 4. The molecule has 0 aliphatic carbocycles. The zero-order valence-electron chi connectivity index (χ0n) is 25.4. The lowest BCUT2D eigenvalue weighted by Gasteiger charge is -1.94. The molecule has 0 spiro atoms. The van der Waals surface area contributed by atoms with Gasteiger partial charge in [0.25, 0.3) is 0 Å². The summed E-state index contributed by atoms with van der Waals surface area (Å²) >= 11 is 0. The first kappa shape index (κ1) is 44.0. The molecule has 3 rings (SSSR count). The van der Waals surface area contributed by atoms with Crippen molar-refractivity contribution in [2.75, 3.05) is 18.1 Å². The van der Waals surface area contributed by atoms with Gasteiger partial charge < -0.3 is 26.3 Å². The van der Waals surface area contributed by atoms with Gasteiger partial charge in [-0.3, -0.25) is 0 Å². The second-order valence-electron chi connectivity index (χ2n) is 5.85. The molecular weight excluding hydrogens is 476 g/mol. The van der Waals surface area contributed by atoms with E-state index in [1.807, 2.05) is 91.8 Å². The number of H-pyrrole nitrogens is 1. The average Bonchev–Trinajstić information content (AvgIpc) is 3.45.